The first-order valence-corrected chi connectivity index (χ1v) is 5.91. The van der Waals surface area contributed by atoms with E-state index in [0.29, 0.717) is 5.92 Å². The normalized spacial score (nSPS) is 18.0. The van der Waals surface area contributed by atoms with Crippen LogP contribution in [0.1, 0.15) is 43.7 Å². The van der Waals surface area contributed by atoms with E-state index in [2.05, 4.69) is 10.1 Å². The van der Waals surface area contributed by atoms with E-state index < -0.39 is 0 Å². The van der Waals surface area contributed by atoms with Crippen LogP contribution in [0.5, 0.6) is 0 Å². The predicted octanol–water partition coefficient (Wildman–Crippen LogP) is 2.07. The molecule has 3 rings (SSSR count). The van der Waals surface area contributed by atoms with Gasteiger partial charge in [-0.05, 0) is 18.8 Å². The molecule has 4 heteroatoms. The second kappa shape index (κ2) is 3.77. The number of rotatable bonds is 1. The Kier molecular flexibility index (Phi) is 2.27. The number of aromatic amines is 1. The molecule has 2 heterocycles. The van der Waals surface area contributed by atoms with E-state index in [1.54, 1.807) is 12.3 Å². The zero-order valence-corrected chi connectivity index (χ0v) is 9.15. The zero-order valence-electron chi connectivity index (χ0n) is 9.15. The van der Waals surface area contributed by atoms with Crippen LogP contribution >= 0.6 is 0 Å². The molecule has 1 N–H and O–H groups in total. The van der Waals surface area contributed by atoms with Crippen molar-refractivity contribution in [1.29, 1.82) is 0 Å². The van der Waals surface area contributed by atoms with Gasteiger partial charge in [0, 0.05) is 17.8 Å². The Hall–Kier alpha value is -1.58. The van der Waals surface area contributed by atoms with Crippen LogP contribution < -0.4 is 5.56 Å². The summed E-state index contributed by atoms with van der Waals surface area (Å²) in [4.78, 5) is 15.1. The predicted molar refractivity (Wildman–Crippen MR) is 61.6 cm³/mol. The van der Waals surface area contributed by atoms with Gasteiger partial charge < -0.3 is 4.98 Å². The maximum Gasteiger partial charge on any atom is 0.274 e. The van der Waals surface area contributed by atoms with Gasteiger partial charge in [-0.25, -0.2) is 0 Å². The van der Waals surface area contributed by atoms with Gasteiger partial charge in [0.05, 0.1) is 6.20 Å². The highest BCUT2D eigenvalue weighted by molar-refractivity contribution is 5.37. The first-order chi connectivity index (χ1) is 7.84. The van der Waals surface area contributed by atoms with Crippen LogP contribution in [0.4, 0.5) is 0 Å². The van der Waals surface area contributed by atoms with Gasteiger partial charge in [0.2, 0.25) is 0 Å². The Morgan fingerprint density at radius 1 is 1.31 bits per heavy atom. The molecule has 0 saturated heterocycles. The lowest BCUT2D eigenvalue weighted by Gasteiger charge is -2.21. The van der Waals surface area contributed by atoms with Crippen molar-refractivity contribution in [1.82, 2.24) is 14.6 Å². The molecular weight excluding hydrogens is 202 g/mol. The monoisotopic (exact) mass is 217 g/mol. The van der Waals surface area contributed by atoms with Crippen molar-refractivity contribution in [3.63, 3.8) is 0 Å². The molecule has 1 saturated carbocycles. The van der Waals surface area contributed by atoms with Gasteiger partial charge >= 0.3 is 0 Å². The number of H-pyrrole nitrogens is 1. The van der Waals surface area contributed by atoms with Crippen molar-refractivity contribution >= 4 is 5.65 Å². The molecule has 0 radical (unpaired) electrons. The Balaban J connectivity index is 2.06. The summed E-state index contributed by atoms with van der Waals surface area (Å²) in [6, 6.07) is 3.55. The van der Waals surface area contributed by atoms with Crippen LogP contribution in [-0.2, 0) is 0 Å². The fourth-order valence-corrected chi connectivity index (χ4v) is 2.59. The minimum Gasteiger partial charge on any atom is -0.343 e. The van der Waals surface area contributed by atoms with Crippen molar-refractivity contribution in [2.24, 2.45) is 0 Å². The molecule has 0 aromatic carbocycles. The van der Waals surface area contributed by atoms with Crippen molar-refractivity contribution in [2.45, 2.75) is 38.0 Å². The van der Waals surface area contributed by atoms with Crippen LogP contribution in [-0.4, -0.2) is 14.6 Å². The third-order valence-corrected chi connectivity index (χ3v) is 3.45. The number of aromatic nitrogens is 3. The SMILES string of the molecule is O=c1cc(C2CCCCC2)[nH]c2ccnn12. The topological polar surface area (TPSA) is 50.2 Å². The third kappa shape index (κ3) is 1.54. The summed E-state index contributed by atoms with van der Waals surface area (Å²) in [6.07, 6.45) is 7.92. The number of nitrogens with one attached hydrogen (secondary N) is 1. The van der Waals surface area contributed by atoms with Crippen molar-refractivity contribution in [3.8, 4) is 0 Å². The molecule has 0 amide bonds. The maximum absolute atomic E-state index is 11.8. The van der Waals surface area contributed by atoms with Crippen LogP contribution in [0, 0.1) is 0 Å². The summed E-state index contributed by atoms with van der Waals surface area (Å²) in [5, 5.41) is 3.98. The Morgan fingerprint density at radius 2 is 2.12 bits per heavy atom. The summed E-state index contributed by atoms with van der Waals surface area (Å²) < 4.78 is 1.41. The Morgan fingerprint density at radius 3 is 2.94 bits per heavy atom. The molecule has 4 nitrogen and oxygen atoms in total. The van der Waals surface area contributed by atoms with Crippen LogP contribution in [0.25, 0.3) is 5.65 Å². The highest BCUT2D eigenvalue weighted by Gasteiger charge is 2.17. The molecule has 1 aliphatic rings. The highest BCUT2D eigenvalue weighted by Crippen LogP contribution is 2.30. The van der Waals surface area contributed by atoms with Gasteiger partial charge in [-0.1, -0.05) is 19.3 Å². The van der Waals surface area contributed by atoms with Crippen molar-refractivity contribution < 1.29 is 0 Å². The minimum atomic E-state index is -0.0284. The van der Waals surface area contributed by atoms with E-state index in [-0.39, 0.29) is 5.56 Å². The van der Waals surface area contributed by atoms with Crippen LogP contribution in [0.3, 0.4) is 0 Å². The molecule has 16 heavy (non-hydrogen) atoms. The van der Waals surface area contributed by atoms with E-state index in [0.717, 1.165) is 11.3 Å². The Labute approximate surface area is 93.3 Å². The van der Waals surface area contributed by atoms with E-state index in [1.807, 2.05) is 6.07 Å². The van der Waals surface area contributed by atoms with Crippen molar-refractivity contribution in [2.75, 3.05) is 0 Å². The molecule has 0 bridgehead atoms. The number of hydrogen-bond donors (Lipinski definition) is 1. The average molecular weight is 217 g/mol. The molecule has 84 valence electrons. The fourth-order valence-electron chi connectivity index (χ4n) is 2.59. The van der Waals surface area contributed by atoms with Gasteiger partial charge in [0.25, 0.3) is 5.56 Å². The van der Waals surface area contributed by atoms with Crippen LogP contribution in [0.2, 0.25) is 0 Å². The molecule has 1 aliphatic carbocycles. The van der Waals surface area contributed by atoms with E-state index in [4.69, 9.17) is 0 Å². The molecule has 1 fully saturated rings. The van der Waals surface area contributed by atoms with Crippen LogP contribution in [0.15, 0.2) is 23.1 Å². The summed E-state index contributed by atoms with van der Waals surface area (Å²) in [5.74, 6) is 0.529. The first-order valence-electron chi connectivity index (χ1n) is 5.91. The largest absolute Gasteiger partial charge is 0.343 e. The van der Waals surface area contributed by atoms with Gasteiger partial charge in [-0.15, -0.1) is 0 Å². The van der Waals surface area contributed by atoms with Crippen molar-refractivity contribution in [3.05, 3.63) is 34.4 Å². The molecule has 2 aromatic rings. The fraction of sp³-hybridized carbons (Fsp3) is 0.500. The minimum absolute atomic E-state index is 0.0284. The summed E-state index contributed by atoms with van der Waals surface area (Å²) in [5.41, 5.74) is 1.85. The lowest BCUT2D eigenvalue weighted by Crippen LogP contribution is -2.17. The zero-order chi connectivity index (χ0) is 11.0. The van der Waals surface area contributed by atoms with E-state index in [9.17, 15) is 4.79 Å². The van der Waals surface area contributed by atoms with Gasteiger partial charge in [0.1, 0.15) is 5.65 Å². The van der Waals surface area contributed by atoms with Gasteiger partial charge in [-0.2, -0.15) is 9.61 Å². The summed E-state index contributed by atoms with van der Waals surface area (Å²) in [6.45, 7) is 0. The van der Waals surface area contributed by atoms with Gasteiger partial charge in [-0.3, -0.25) is 4.79 Å². The summed E-state index contributed by atoms with van der Waals surface area (Å²) in [7, 11) is 0. The average Bonchev–Trinajstić information content (AvgIpc) is 2.79. The smallest absolute Gasteiger partial charge is 0.274 e. The lowest BCUT2D eigenvalue weighted by atomic mass is 9.87. The molecule has 2 aromatic heterocycles. The Bertz CT molecular complexity index is 549. The third-order valence-electron chi connectivity index (χ3n) is 3.45. The maximum atomic E-state index is 11.8. The molecule has 0 spiro atoms. The molecule has 0 atom stereocenters. The van der Waals surface area contributed by atoms with E-state index >= 15 is 0 Å². The second-order valence-electron chi connectivity index (χ2n) is 4.53. The lowest BCUT2D eigenvalue weighted by molar-refractivity contribution is 0.436. The van der Waals surface area contributed by atoms with Gasteiger partial charge in [0.15, 0.2) is 0 Å². The molecular formula is C12H15N3O. The number of hydrogen-bond acceptors (Lipinski definition) is 2. The van der Waals surface area contributed by atoms with E-state index in [1.165, 1.54) is 36.6 Å². The molecule has 0 aliphatic heterocycles. The quantitative estimate of drug-likeness (QED) is 0.795. The second-order valence-corrected chi connectivity index (χ2v) is 4.53. The number of fused-ring (bicyclic) bond motifs is 1. The first kappa shape index (κ1) is 9.63. The summed E-state index contributed by atoms with van der Waals surface area (Å²) >= 11 is 0. The molecule has 0 unspecified atom stereocenters. The highest BCUT2D eigenvalue weighted by atomic mass is 16.1. The number of nitrogens with zero attached hydrogens (tertiary/aromatic N) is 2. The standard InChI is InChI=1S/C12H15N3O/c16-12-8-10(9-4-2-1-3-5-9)14-11-6-7-13-15(11)12/h6-9,14H,1-5H2.